The van der Waals surface area contributed by atoms with Crippen LogP contribution in [0.5, 0.6) is 0 Å². The minimum Gasteiger partial charge on any atom is -0.313 e. The van der Waals surface area contributed by atoms with E-state index >= 15 is 0 Å². The molecule has 0 aliphatic carbocycles. The first kappa shape index (κ1) is 27.0. The van der Waals surface area contributed by atoms with Crippen LogP contribution in [0.25, 0.3) is 20.8 Å². The van der Waals surface area contributed by atoms with E-state index in [1.807, 2.05) is 24.3 Å². The highest BCUT2D eigenvalue weighted by molar-refractivity contribution is 7.23. The normalized spacial score (nSPS) is 13.1. The number of benzene rings is 3. The molecule has 7 nitrogen and oxygen atoms in total. The van der Waals surface area contributed by atoms with Gasteiger partial charge in [0.25, 0.3) is 11.6 Å². The van der Waals surface area contributed by atoms with Gasteiger partial charge in [0.05, 0.1) is 15.1 Å². The van der Waals surface area contributed by atoms with Gasteiger partial charge in [-0.15, -0.1) is 35.1 Å². The van der Waals surface area contributed by atoms with E-state index in [4.69, 9.17) is 4.98 Å². The molecule has 0 saturated carbocycles. The standard InChI is InChI=1S/C29H24N4O3S2.ClH/c1-18-20(10-7-12-23(18)33(35)36)27(34)31-29-26(28-30-22-11-5-6-13-24(22)37-28)21-14-15-32(17-25(21)38-29)16-19-8-3-2-4-9-19;/h2-13H,14-17H2,1H3,(H,31,34);1H. The molecule has 0 saturated heterocycles. The number of thiophene rings is 1. The maximum Gasteiger partial charge on any atom is 0.273 e. The number of amides is 1. The number of halogens is 1. The van der Waals surface area contributed by atoms with E-state index in [0.717, 1.165) is 51.8 Å². The van der Waals surface area contributed by atoms with Crippen molar-refractivity contribution in [3.63, 3.8) is 0 Å². The van der Waals surface area contributed by atoms with Gasteiger partial charge in [0.2, 0.25) is 0 Å². The van der Waals surface area contributed by atoms with Gasteiger partial charge in [-0.3, -0.25) is 19.8 Å². The maximum absolute atomic E-state index is 13.4. The van der Waals surface area contributed by atoms with Crippen LogP contribution in [0.1, 0.15) is 31.9 Å². The number of hydrogen-bond donors (Lipinski definition) is 1. The van der Waals surface area contributed by atoms with Crippen molar-refractivity contribution in [1.29, 1.82) is 0 Å². The smallest absolute Gasteiger partial charge is 0.273 e. The van der Waals surface area contributed by atoms with E-state index in [1.54, 1.807) is 41.7 Å². The van der Waals surface area contributed by atoms with E-state index in [2.05, 4.69) is 40.5 Å². The summed E-state index contributed by atoms with van der Waals surface area (Å²) in [5.74, 6) is -0.353. The van der Waals surface area contributed by atoms with Crippen LogP contribution >= 0.6 is 35.1 Å². The van der Waals surface area contributed by atoms with Crippen LogP contribution in [0.2, 0.25) is 0 Å². The lowest BCUT2D eigenvalue weighted by Crippen LogP contribution is -2.29. The lowest BCUT2D eigenvalue weighted by atomic mass is 10.0. The molecule has 0 atom stereocenters. The summed E-state index contributed by atoms with van der Waals surface area (Å²) in [4.78, 5) is 33.0. The molecule has 3 aromatic carbocycles. The number of nitrogens with zero attached hydrogens (tertiary/aromatic N) is 3. The van der Waals surface area contributed by atoms with E-state index in [9.17, 15) is 14.9 Å². The third-order valence-electron chi connectivity index (χ3n) is 6.87. The van der Waals surface area contributed by atoms with Crippen molar-refractivity contribution in [3.05, 3.63) is 110 Å². The fourth-order valence-corrected chi connectivity index (χ4v) is 7.36. The van der Waals surface area contributed by atoms with Gasteiger partial charge in [0.1, 0.15) is 10.0 Å². The summed E-state index contributed by atoms with van der Waals surface area (Å²) in [6.07, 6.45) is 0.857. The summed E-state index contributed by atoms with van der Waals surface area (Å²) in [5.41, 5.74) is 4.99. The number of hydrogen-bond acceptors (Lipinski definition) is 7. The Hall–Kier alpha value is -3.63. The Kier molecular flexibility index (Phi) is 7.76. The summed E-state index contributed by atoms with van der Waals surface area (Å²) in [6.45, 7) is 4.18. The van der Waals surface area contributed by atoms with Gasteiger partial charge in [-0.25, -0.2) is 4.98 Å². The van der Waals surface area contributed by atoms with Crippen molar-refractivity contribution >= 4 is 61.9 Å². The van der Waals surface area contributed by atoms with E-state index < -0.39 is 4.92 Å². The van der Waals surface area contributed by atoms with E-state index in [-0.39, 0.29) is 24.0 Å². The summed E-state index contributed by atoms with van der Waals surface area (Å²) in [5, 5.41) is 16.2. The first-order valence-corrected chi connectivity index (χ1v) is 13.9. The molecule has 0 fully saturated rings. The molecule has 1 N–H and O–H groups in total. The average Bonchev–Trinajstić information content (AvgIpc) is 3.49. The SMILES string of the molecule is Cc1c(C(=O)Nc2sc3c(c2-c2nc4ccccc4s2)CCN(Cc2ccccc2)C3)cccc1[N+](=O)[O-].Cl. The maximum atomic E-state index is 13.4. The van der Waals surface area contributed by atoms with Crippen LogP contribution in [0, 0.1) is 17.0 Å². The zero-order valence-electron chi connectivity index (χ0n) is 21.0. The minimum absolute atomic E-state index is 0. The highest BCUT2D eigenvalue weighted by Crippen LogP contribution is 2.46. The van der Waals surface area contributed by atoms with Crippen molar-refractivity contribution in [3.8, 4) is 10.6 Å². The van der Waals surface area contributed by atoms with Crippen LogP contribution in [-0.4, -0.2) is 27.3 Å². The molecule has 1 aliphatic rings. The first-order chi connectivity index (χ1) is 18.5. The van der Waals surface area contributed by atoms with Crippen LogP contribution in [0.15, 0.2) is 72.8 Å². The van der Waals surface area contributed by atoms with Crippen LogP contribution in [0.3, 0.4) is 0 Å². The summed E-state index contributed by atoms with van der Waals surface area (Å²) in [6, 6.07) is 23.1. The topological polar surface area (TPSA) is 88.4 Å². The Bertz CT molecular complexity index is 1650. The summed E-state index contributed by atoms with van der Waals surface area (Å²) >= 11 is 3.20. The number of aromatic nitrogens is 1. The second kappa shape index (κ2) is 11.2. The predicted octanol–water partition coefficient (Wildman–Crippen LogP) is 7.47. The Morgan fingerprint density at radius 3 is 2.59 bits per heavy atom. The molecule has 39 heavy (non-hydrogen) atoms. The summed E-state index contributed by atoms with van der Waals surface area (Å²) < 4.78 is 1.09. The Morgan fingerprint density at radius 1 is 1.05 bits per heavy atom. The quantitative estimate of drug-likeness (QED) is 0.167. The lowest BCUT2D eigenvalue weighted by molar-refractivity contribution is -0.385. The molecule has 3 heterocycles. The first-order valence-electron chi connectivity index (χ1n) is 12.3. The fourth-order valence-electron chi connectivity index (χ4n) is 4.96. The minimum atomic E-state index is -0.455. The largest absolute Gasteiger partial charge is 0.313 e. The molecule has 0 bridgehead atoms. The molecule has 2 aromatic heterocycles. The molecule has 6 rings (SSSR count). The zero-order chi connectivity index (χ0) is 26.2. The molecule has 1 amide bonds. The number of carbonyl (C=O) groups is 1. The number of thiazole rings is 1. The molecule has 1 aliphatic heterocycles. The number of para-hydroxylation sites is 1. The monoisotopic (exact) mass is 576 g/mol. The Morgan fingerprint density at radius 2 is 1.82 bits per heavy atom. The fraction of sp³-hybridized carbons (Fsp3) is 0.172. The number of nitro benzene ring substituents is 1. The molecule has 5 aromatic rings. The predicted molar refractivity (Wildman–Crippen MR) is 160 cm³/mol. The zero-order valence-corrected chi connectivity index (χ0v) is 23.5. The highest BCUT2D eigenvalue weighted by Gasteiger charge is 2.28. The number of carbonyl (C=O) groups excluding carboxylic acids is 1. The van der Waals surface area contributed by atoms with Gasteiger partial charge >= 0.3 is 0 Å². The molecule has 0 unspecified atom stereocenters. The lowest BCUT2D eigenvalue weighted by Gasteiger charge is -2.27. The number of rotatable bonds is 6. The van der Waals surface area contributed by atoms with Gasteiger partial charge < -0.3 is 5.32 Å². The molecule has 10 heteroatoms. The summed E-state index contributed by atoms with van der Waals surface area (Å²) in [7, 11) is 0. The van der Waals surface area contributed by atoms with Crippen molar-refractivity contribution in [1.82, 2.24) is 9.88 Å². The Balaban J connectivity index is 0.00000308. The van der Waals surface area contributed by atoms with Crippen molar-refractivity contribution in [2.45, 2.75) is 26.4 Å². The molecular formula is C29H25ClN4O3S2. The second-order valence-corrected chi connectivity index (χ2v) is 11.4. The third kappa shape index (κ3) is 5.31. The van der Waals surface area contributed by atoms with Gasteiger partial charge in [0.15, 0.2) is 0 Å². The van der Waals surface area contributed by atoms with Gasteiger partial charge in [0, 0.05) is 47.3 Å². The molecule has 0 spiro atoms. The number of nitrogens with one attached hydrogen (secondary N) is 1. The number of fused-ring (bicyclic) bond motifs is 2. The van der Waals surface area contributed by atoms with Gasteiger partial charge in [-0.1, -0.05) is 48.5 Å². The second-order valence-electron chi connectivity index (χ2n) is 9.30. The van der Waals surface area contributed by atoms with Crippen molar-refractivity contribution < 1.29 is 9.72 Å². The van der Waals surface area contributed by atoms with Crippen LogP contribution in [0.4, 0.5) is 10.7 Å². The van der Waals surface area contributed by atoms with Gasteiger partial charge in [-0.2, -0.15) is 0 Å². The molecule has 0 radical (unpaired) electrons. The van der Waals surface area contributed by atoms with Gasteiger partial charge in [-0.05, 0) is 42.7 Å². The van der Waals surface area contributed by atoms with E-state index in [1.165, 1.54) is 22.1 Å². The Labute approximate surface area is 239 Å². The van der Waals surface area contributed by atoms with Crippen LogP contribution < -0.4 is 5.32 Å². The third-order valence-corrected chi connectivity index (χ3v) is 9.05. The van der Waals surface area contributed by atoms with Crippen molar-refractivity contribution in [2.24, 2.45) is 0 Å². The average molecular weight is 577 g/mol. The molecular weight excluding hydrogens is 552 g/mol. The number of nitro groups is 1. The van der Waals surface area contributed by atoms with Crippen molar-refractivity contribution in [2.75, 3.05) is 11.9 Å². The number of anilines is 1. The van der Waals surface area contributed by atoms with Crippen LogP contribution in [-0.2, 0) is 19.5 Å². The van der Waals surface area contributed by atoms with E-state index in [0.29, 0.717) is 11.1 Å². The highest BCUT2D eigenvalue weighted by atomic mass is 35.5. The molecule has 198 valence electrons.